The fraction of sp³-hybridized carbons (Fsp3) is 0.238. The fourth-order valence-electron chi connectivity index (χ4n) is 3.45. The van der Waals surface area contributed by atoms with Gasteiger partial charge in [0.25, 0.3) is 0 Å². The minimum absolute atomic E-state index is 0.00546. The maximum atomic E-state index is 12.5. The van der Waals surface area contributed by atoms with Crippen molar-refractivity contribution in [2.24, 2.45) is 0 Å². The smallest absolute Gasteiger partial charge is 0.246 e. The molecule has 0 unspecified atom stereocenters. The molecule has 0 aliphatic carbocycles. The lowest BCUT2D eigenvalue weighted by Crippen LogP contribution is -2.37. The Kier molecular flexibility index (Phi) is 5.19. The van der Waals surface area contributed by atoms with Crippen LogP contribution in [0.4, 0.5) is 0 Å². The van der Waals surface area contributed by atoms with Crippen LogP contribution in [0.2, 0.25) is 10.0 Å². The maximum Gasteiger partial charge on any atom is 0.246 e. The van der Waals surface area contributed by atoms with Crippen molar-refractivity contribution in [2.75, 3.05) is 13.1 Å². The molecule has 0 spiro atoms. The number of nitrogens with one attached hydrogen (secondary N) is 1. The van der Waals surface area contributed by atoms with Crippen molar-refractivity contribution >= 4 is 46.2 Å². The third kappa shape index (κ3) is 4.02. The number of fused-ring (bicyclic) bond motifs is 1. The number of hydrogen-bond donors (Lipinski definition) is 1. The van der Waals surface area contributed by atoms with E-state index >= 15 is 0 Å². The van der Waals surface area contributed by atoms with Gasteiger partial charge < -0.3 is 9.88 Å². The van der Waals surface area contributed by atoms with E-state index < -0.39 is 0 Å². The molecule has 4 nitrogen and oxygen atoms in total. The Hall–Kier alpha value is -2.30. The van der Waals surface area contributed by atoms with Crippen LogP contribution in [-0.2, 0) is 4.79 Å². The van der Waals surface area contributed by atoms with E-state index in [-0.39, 0.29) is 5.91 Å². The molecule has 2 aromatic carbocycles. The van der Waals surface area contributed by atoms with E-state index in [0.29, 0.717) is 29.1 Å². The van der Waals surface area contributed by atoms with Gasteiger partial charge in [-0.05, 0) is 54.8 Å². The quantitative estimate of drug-likeness (QED) is 0.608. The van der Waals surface area contributed by atoms with Crippen molar-refractivity contribution in [3.8, 4) is 0 Å². The second-order valence-corrected chi connectivity index (χ2v) is 7.58. The Bertz CT molecular complexity index is 971. The minimum Gasteiger partial charge on any atom is -0.342 e. The standard InChI is InChI=1S/C21H19Cl2N3O/c22-16-6-7-17(23)15(13-16)5-8-20(27)26-11-9-14(10-12-26)21-24-18-3-1-2-4-19(18)25-21/h1-8,13-14H,9-12H2,(H,24,25). The number of hydrogen-bond acceptors (Lipinski definition) is 2. The summed E-state index contributed by atoms with van der Waals surface area (Å²) in [6, 6.07) is 13.3. The summed E-state index contributed by atoms with van der Waals surface area (Å²) in [4.78, 5) is 22.5. The Morgan fingerprint density at radius 2 is 1.93 bits per heavy atom. The van der Waals surface area contributed by atoms with Crippen LogP contribution in [0, 0.1) is 0 Å². The number of amides is 1. The number of carbonyl (C=O) groups excluding carboxylic acids is 1. The highest BCUT2D eigenvalue weighted by atomic mass is 35.5. The summed E-state index contributed by atoms with van der Waals surface area (Å²) in [6.07, 6.45) is 5.09. The molecule has 1 saturated heterocycles. The zero-order valence-corrected chi connectivity index (χ0v) is 16.2. The van der Waals surface area contributed by atoms with Gasteiger partial charge in [-0.1, -0.05) is 35.3 Å². The molecule has 0 radical (unpaired) electrons. The summed E-state index contributed by atoms with van der Waals surface area (Å²) in [5.74, 6) is 1.37. The lowest BCUT2D eigenvalue weighted by Gasteiger charge is -2.30. The number of rotatable bonds is 3. The van der Waals surface area contributed by atoms with Crippen molar-refractivity contribution < 1.29 is 4.79 Å². The van der Waals surface area contributed by atoms with Gasteiger partial charge in [-0.3, -0.25) is 4.79 Å². The fourth-order valence-corrected chi connectivity index (χ4v) is 3.81. The molecule has 3 aromatic rings. The average molecular weight is 400 g/mol. The molecule has 0 atom stereocenters. The van der Waals surface area contributed by atoms with Gasteiger partial charge in [0.1, 0.15) is 5.82 Å². The summed E-state index contributed by atoms with van der Waals surface area (Å²) in [5, 5.41) is 1.17. The summed E-state index contributed by atoms with van der Waals surface area (Å²) >= 11 is 12.1. The molecular weight excluding hydrogens is 381 g/mol. The van der Waals surface area contributed by atoms with Crippen molar-refractivity contribution in [1.82, 2.24) is 14.9 Å². The molecule has 1 aliphatic rings. The predicted molar refractivity (Wildman–Crippen MR) is 110 cm³/mol. The lowest BCUT2D eigenvalue weighted by molar-refractivity contribution is -0.127. The number of imidazole rings is 1. The van der Waals surface area contributed by atoms with Crippen LogP contribution in [0.5, 0.6) is 0 Å². The number of benzene rings is 2. The van der Waals surface area contributed by atoms with Crippen molar-refractivity contribution in [2.45, 2.75) is 18.8 Å². The molecule has 2 heterocycles. The first kappa shape index (κ1) is 18.1. The Balaban J connectivity index is 1.39. The number of halogens is 2. The number of aromatic nitrogens is 2. The van der Waals surface area contributed by atoms with Crippen LogP contribution in [0.1, 0.15) is 30.1 Å². The number of aromatic amines is 1. The molecule has 1 N–H and O–H groups in total. The summed E-state index contributed by atoms with van der Waals surface area (Å²) in [7, 11) is 0. The maximum absolute atomic E-state index is 12.5. The Morgan fingerprint density at radius 1 is 1.15 bits per heavy atom. The van der Waals surface area contributed by atoms with Crippen LogP contribution in [0.15, 0.2) is 48.5 Å². The van der Waals surface area contributed by atoms with Gasteiger partial charge in [-0.15, -0.1) is 0 Å². The first-order chi connectivity index (χ1) is 13.1. The van der Waals surface area contributed by atoms with Gasteiger partial charge >= 0.3 is 0 Å². The number of nitrogens with zero attached hydrogens (tertiary/aromatic N) is 2. The third-order valence-corrected chi connectivity index (χ3v) is 5.54. The predicted octanol–water partition coefficient (Wildman–Crippen LogP) is 5.29. The van der Waals surface area contributed by atoms with E-state index in [1.807, 2.05) is 29.2 Å². The molecule has 1 aromatic heterocycles. The monoisotopic (exact) mass is 399 g/mol. The van der Waals surface area contributed by atoms with E-state index in [0.717, 1.165) is 35.3 Å². The van der Waals surface area contributed by atoms with Gasteiger partial charge in [-0.2, -0.15) is 0 Å². The Morgan fingerprint density at radius 3 is 2.70 bits per heavy atom. The van der Waals surface area contributed by atoms with Crippen LogP contribution in [-0.4, -0.2) is 33.9 Å². The molecule has 0 bridgehead atoms. The molecule has 27 heavy (non-hydrogen) atoms. The molecule has 1 aliphatic heterocycles. The summed E-state index contributed by atoms with van der Waals surface area (Å²) in [5.41, 5.74) is 2.80. The number of piperidine rings is 1. The van der Waals surface area contributed by atoms with Crippen LogP contribution in [0.25, 0.3) is 17.1 Å². The van der Waals surface area contributed by atoms with E-state index in [2.05, 4.69) is 4.98 Å². The average Bonchev–Trinajstić information content (AvgIpc) is 3.13. The van der Waals surface area contributed by atoms with Gasteiger partial charge in [0, 0.05) is 35.1 Å². The van der Waals surface area contributed by atoms with E-state index in [1.54, 1.807) is 30.4 Å². The highest BCUT2D eigenvalue weighted by Gasteiger charge is 2.24. The minimum atomic E-state index is -0.00546. The highest BCUT2D eigenvalue weighted by Crippen LogP contribution is 2.28. The first-order valence-electron chi connectivity index (χ1n) is 8.97. The number of likely N-dealkylation sites (tertiary alicyclic amines) is 1. The molecule has 0 saturated carbocycles. The lowest BCUT2D eigenvalue weighted by atomic mass is 9.96. The number of carbonyl (C=O) groups is 1. The molecule has 6 heteroatoms. The van der Waals surface area contributed by atoms with Gasteiger partial charge in [-0.25, -0.2) is 4.98 Å². The normalized spacial score (nSPS) is 15.7. The summed E-state index contributed by atoms with van der Waals surface area (Å²) in [6.45, 7) is 1.43. The number of para-hydroxylation sites is 2. The molecule has 4 rings (SSSR count). The van der Waals surface area contributed by atoms with Gasteiger partial charge in [0.2, 0.25) is 5.91 Å². The van der Waals surface area contributed by atoms with E-state index in [4.69, 9.17) is 28.2 Å². The van der Waals surface area contributed by atoms with E-state index in [1.165, 1.54) is 0 Å². The second kappa shape index (κ2) is 7.75. The molecule has 1 amide bonds. The second-order valence-electron chi connectivity index (χ2n) is 6.74. The molecule has 1 fully saturated rings. The van der Waals surface area contributed by atoms with Gasteiger partial charge in [0.15, 0.2) is 0 Å². The van der Waals surface area contributed by atoms with Crippen LogP contribution < -0.4 is 0 Å². The van der Waals surface area contributed by atoms with Crippen LogP contribution in [0.3, 0.4) is 0 Å². The number of H-pyrrole nitrogens is 1. The molecular formula is C21H19Cl2N3O. The summed E-state index contributed by atoms with van der Waals surface area (Å²) < 4.78 is 0. The Labute approximate surface area is 167 Å². The van der Waals surface area contributed by atoms with Crippen LogP contribution >= 0.6 is 23.2 Å². The SMILES string of the molecule is O=C(C=Cc1cc(Cl)ccc1Cl)N1CCC(c2nc3ccccc3[nH]2)CC1. The van der Waals surface area contributed by atoms with E-state index in [9.17, 15) is 4.79 Å². The third-order valence-electron chi connectivity index (χ3n) is 4.96. The zero-order valence-electron chi connectivity index (χ0n) is 14.7. The largest absolute Gasteiger partial charge is 0.342 e. The highest BCUT2D eigenvalue weighted by molar-refractivity contribution is 6.34. The van der Waals surface area contributed by atoms with Crippen molar-refractivity contribution in [3.05, 3.63) is 70.0 Å². The molecule has 138 valence electrons. The topological polar surface area (TPSA) is 49.0 Å². The van der Waals surface area contributed by atoms with Crippen molar-refractivity contribution in [3.63, 3.8) is 0 Å². The zero-order chi connectivity index (χ0) is 18.8. The van der Waals surface area contributed by atoms with Crippen molar-refractivity contribution in [1.29, 1.82) is 0 Å². The first-order valence-corrected chi connectivity index (χ1v) is 9.72. The van der Waals surface area contributed by atoms with Gasteiger partial charge in [0.05, 0.1) is 11.0 Å².